The van der Waals surface area contributed by atoms with E-state index in [9.17, 15) is 19.8 Å². The summed E-state index contributed by atoms with van der Waals surface area (Å²) >= 11 is 6.48. The molecule has 1 amide bonds. The number of nitrogens with zero attached hydrogens (tertiary/aromatic N) is 1. The molecule has 2 N–H and O–H groups in total. The van der Waals surface area contributed by atoms with Gasteiger partial charge in [0.15, 0.2) is 5.78 Å². The Morgan fingerprint density at radius 2 is 1.65 bits per heavy atom. The van der Waals surface area contributed by atoms with Crippen LogP contribution in [0.2, 0.25) is 5.02 Å². The summed E-state index contributed by atoms with van der Waals surface area (Å²) in [6, 6.07) is 18.7. The van der Waals surface area contributed by atoms with Gasteiger partial charge >= 0.3 is 6.09 Å². The number of hydrogen-bond acceptors (Lipinski definition) is 5. The highest BCUT2D eigenvalue weighted by atomic mass is 35.5. The fraction of sp³-hybridized carbons (Fsp3) is 0.500. The van der Waals surface area contributed by atoms with Crippen molar-refractivity contribution in [2.75, 3.05) is 13.2 Å². The number of hydrogen-bond donors (Lipinski definition) is 2. The molecule has 6 aliphatic carbocycles. The fourth-order valence-corrected chi connectivity index (χ4v) is 12.2. The first-order chi connectivity index (χ1) is 24.8. The van der Waals surface area contributed by atoms with Gasteiger partial charge in [-0.1, -0.05) is 92.2 Å². The monoisotopic (exact) mass is 725 g/mol. The van der Waals surface area contributed by atoms with Gasteiger partial charge in [-0.3, -0.25) is 4.79 Å². The second kappa shape index (κ2) is 12.5. The lowest BCUT2D eigenvalue weighted by Gasteiger charge is -2.71. The van der Waals surface area contributed by atoms with Crippen LogP contribution < -0.4 is 0 Å². The molecule has 52 heavy (non-hydrogen) atoms. The lowest BCUT2D eigenvalue weighted by molar-refractivity contribution is -0.178. The first-order valence-corrected chi connectivity index (χ1v) is 19.4. The van der Waals surface area contributed by atoms with Crippen molar-refractivity contribution in [2.24, 2.45) is 33.5 Å². The molecule has 8 heteroatoms. The van der Waals surface area contributed by atoms with E-state index < -0.39 is 39.9 Å². The number of fused-ring (bicyclic) bond motifs is 2. The number of allylic oxidation sites excluding steroid dienone is 4. The molecule has 2 bridgehead atoms. The van der Waals surface area contributed by atoms with Crippen molar-refractivity contribution in [3.05, 3.63) is 106 Å². The molecule has 0 radical (unpaired) electrons. The Morgan fingerprint density at radius 3 is 2.44 bits per heavy atom. The second-order valence-electron chi connectivity index (χ2n) is 16.8. The van der Waals surface area contributed by atoms with Crippen molar-refractivity contribution in [2.45, 2.75) is 90.4 Å². The van der Waals surface area contributed by atoms with E-state index in [-0.39, 0.29) is 59.7 Å². The maximum atomic E-state index is 15.2. The molecule has 3 fully saturated rings. The fourth-order valence-electron chi connectivity index (χ4n) is 12.0. The SMILES string of the molecule is CCOC(=O)N(Cc1cccc2ccccc12)C[C@]1(O)CC[C@H]2[C@]34C=C[C@@]5(C=C3C(=O)Cc3c(F)cccc3Cl)CC(O)CC[C@]5(C)[C@H]4CC[C@@]21C. The van der Waals surface area contributed by atoms with Gasteiger partial charge in [-0.25, -0.2) is 9.18 Å². The van der Waals surface area contributed by atoms with Crippen LogP contribution >= 0.6 is 11.6 Å². The van der Waals surface area contributed by atoms with Gasteiger partial charge < -0.3 is 19.8 Å². The van der Waals surface area contributed by atoms with Gasteiger partial charge in [0.1, 0.15) is 5.82 Å². The van der Waals surface area contributed by atoms with Gasteiger partial charge in [-0.2, -0.15) is 0 Å². The number of amides is 1. The van der Waals surface area contributed by atoms with E-state index in [0.717, 1.165) is 35.6 Å². The van der Waals surface area contributed by atoms with E-state index in [1.54, 1.807) is 24.0 Å². The van der Waals surface area contributed by atoms with E-state index in [2.05, 4.69) is 50.3 Å². The lowest BCUT2D eigenvalue weighted by Crippen LogP contribution is -2.67. The van der Waals surface area contributed by atoms with Crippen molar-refractivity contribution in [1.82, 2.24) is 4.90 Å². The normalized spacial score (nSPS) is 35.8. The molecule has 1 unspecified atom stereocenters. The van der Waals surface area contributed by atoms with Crippen LogP contribution in [-0.2, 0) is 22.5 Å². The lowest BCUT2D eigenvalue weighted by atomic mass is 9.32. The van der Waals surface area contributed by atoms with Crippen molar-refractivity contribution in [3.8, 4) is 0 Å². The molecule has 3 saturated carbocycles. The zero-order valence-electron chi connectivity index (χ0n) is 30.3. The molecule has 0 heterocycles. The maximum absolute atomic E-state index is 15.2. The van der Waals surface area contributed by atoms with E-state index in [1.165, 1.54) is 6.07 Å². The molecule has 2 spiro atoms. The topological polar surface area (TPSA) is 87.1 Å². The van der Waals surface area contributed by atoms with Gasteiger partial charge in [0.05, 0.1) is 24.9 Å². The molecule has 0 aromatic heterocycles. The number of Topliss-reactive ketones (excluding diaryl/α,β-unsaturated/α-hetero) is 1. The predicted molar refractivity (Wildman–Crippen MR) is 200 cm³/mol. The van der Waals surface area contributed by atoms with Gasteiger partial charge in [-0.15, -0.1) is 0 Å². The Hall–Kier alpha value is -3.52. The summed E-state index contributed by atoms with van der Waals surface area (Å²) in [6.07, 6.45) is 10.3. The van der Waals surface area contributed by atoms with Crippen molar-refractivity contribution < 1.29 is 28.9 Å². The summed E-state index contributed by atoms with van der Waals surface area (Å²) in [7, 11) is 0. The van der Waals surface area contributed by atoms with Crippen LogP contribution in [0, 0.1) is 39.3 Å². The van der Waals surface area contributed by atoms with Gasteiger partial charge in [0.25, 0.3) is 0 Å². The highest BCUT2D eigenvalue weighted by Gasteiger charge is 2.74. The Labute approximate surface area is 310 Å². The van der Waals surface area contributed by atoms with Crippen molar-refractivity contribution in [3.63, 3.8) is 0 Å². The largest absolute Gasteiger partial charge is 0.450 e. The smallest absolute Gasteiger partial charge is 0.410 e. The van der Waals surface area contributed by atoms with Crippen LogP contribution in [0.15, 0.2) is 84.5 Å². The van der Waals surface area contributed by atoms with Gasteiger partial charge in [0, 0.05) is 45.4 Å². The third kappa shape index (κ3) is 5.01. The summed E-state index contributed by atoms with van der Waals surface area (Å²) in [4.78, 5) is 30.1. The summed E-state index contributed by atoms with van der Waals surface area (Å²) in [6.45, 7) is 6.88. The molecular formula is C44H49ClFNO5. The number of ketones is 1. The Bertz CT molecular complexity index is 1990. The molecule has 8 atom stereocenters. The first kappa shape index (κ1) is 35.5. The molecule has 0 aliphatic heterocycles. The van der Waals surface area contributed by atoms with E-state index in [0.29, 0.717) is 31.3 Å². The molecule has 3 aromatic rings. The van der Waals surface area contributed by atoms with E-state index >= 15 is 4.39 Å². The zero-order valence-corrected chi connectivity index (χ0v) is 31.1. The number of aliphatic hydroxyl groups excluding tert-OH is 1. The van der Waals surface area contributed by atoms with Crippen LogP contribution in [0.4, 0.5) is 9.18 Å². The minimum absolute atomic E-state index is 0.0924. The number of aliphatic hydroxyl groups is 2. The zero-order chi connectivity index (χ0) is 36.7. The summed E-state index contributed by atoms with van der Waals surface area (Å²) in [5.74, 6) is -0.687. The summed E-state index contributed by atoms with van der Waals surface area (Å²) in [5.41, 5.74) is -1.48. The van der Waals surface area contributed by atoms with Crippen molar-refractivity contribution >= 4 is 34.2 Å². The number of benzene rings is 3. The highest BCUT2D eigenvalue weighted by molar-refractivity contribution is 6.31. The third-order valence-corrected chi connectivity index (χ3v) is 15.0. The molecular weight excluding hydrogens is 677 g/mol. The van der Waals surface area contributed by atoms with Crippen LogP contribution in [0.5, 0.6) is 0 Å². The average Bonchev–Trinajstić information content (AvgIpc) is 3.39. The van der Waals surface area contributed by atoms with E-state index in [4.69, 9.17) is 16.3 Å². The van der Waals surface area contributed by atoms with Crippen molar-refractivity contribution in [1.29, 1.82) is 0 Å². The number of rotatable bonds is 8. The molecule has 6 aliphatic rings. The Morgan fingerprint density at radius 1 is 0.942 bits per heavy atom. The molecule has 3 aromatic carbocycles. The number of ether oxygens (including phenoxy) is 1. The summed E-state index contributed by atoms with van der Waals surface area (Å²) < 4.78 is 20.8. The average molecular weight is 726 g/mol. The maximum Gasteiger partial charge on any atom is 0.410 e. The number of halogens is 2. The van der Waals surface area contributed by atoms with Crippen LogP contribution in [0.1, 0.15) is 76.8 Å². The predicted octanol–water partition coefficient (Wildman–Crippen LogP) is 8.99. The first-order valence-electron chi connectivity index (χ1n) is 19.0. The minimum atomic E-state index is -1.26. The standard InChI is InChI=1S/C44H49ClFNO5/c1-4-52-39(50)47(26-29-11-7-10-28-9-5-6-12-31(28)29)27-43(51)20-17-38-41(43,3)19-16-37-40(2)18-15-30(48)24-42(40)21-22-44(37,38)33(25-42)36(49)23-32-34(45)13-8-14-35(32)46/h5-14,21-22,25,30,37-38,48,51H,4,15-20,23-24,26-27H2,1-3H3/t30?,37-,38-,40-,41+,42+,43-,44-/m1/s1. The molecule has 6 nitrogen and oxygen atoms in total. The second-order valence-corrected chi connectivity index (χ2v) is 17.2. The highest BCUT2D eigenvalue weighted by Crippen LogP contribution is 2.78. The Balaban J connectivity index is 1.20. The quantitative estimate of drug-likeness (QED) is 0.227. The van der Waals surface area contributed by atoms with E-state index in [1.807, 2.05) is 24.3 Å². The minimum Gasteiger partial charge on any atom is -0.450 e. The number of carbonyl (C=O) groups excluding carboxylic acids is 2. The molecule has 9 rings (SSSR count). The Kier molecular flexibility index (Phi) is 8.56. The van der Waals surface area contributed by atoms with Crippen LogP contribution in [-0.4, -0.2) is 51.8 Å². The third-order valence-electron chi connectivity index (χ3n) is 14.6. The van der Waals surface area contributed by atoms with Gasteiger partial charge in [-0.05, 0) is 97.6 Å². The summed E-state index contributed by atoms with van der Waals surface area (Å²) in [5, 5.41) is 26.4. The molecule has 0 saturated heterocycles. The number of carbonyl (C=O) groups is 2. The van der Waals surface area contributed by atoms with Crippen LogP contribution in [0.3, 0.4) is 0 Å². The van der Waals surface area contributed by atoms with Crippen LogP contribution in [0.25, 0.3) is 10.8 Å². The van der Waals surface area contributed by atoms with Gasteiger partial charge in [0.2, 0.25) is 0 Å². The molecule has 274 valence electrons.